The van der Waals surface area contributed by atoms with Crippen molar-refractivity contribution in [3.63, 3.8) is 0 Å². The Balaban J connectivity index is 1.70. The summed E-state index contributed by atoms with van der Waals surface area (Å²) >= 11 is 5.80. The smallest absolute Gasteiger partial charge is 0.261 e. The second-order valence-electron chi connectivity index (χ2n) is 6.05. The van der Waals surface area contributed by atoms with Crippen molar-refractivity contribution < 1.29 is 13.3 Å². The van der Waals surface area contributed by atoms with E-state index in [2.05, 4.69) is 16.7 Å². The Labute approximate surface area is 147 Å². The third-order valence-electron chi connectivity index (χ3n) is 4.23. The van der Waals surface area contributed by atoms with E-state index >= 15 is 0 Å². The Kier molecular flexibility index (Phi) is 4.99. The molecule has 1 aliphatic rings. The van der Waals surface area contributed by atoms with Gasteiger partial charge in [0, 0.05) is 16.4 Å². The van der Waals surface area contributed by atoms with Crippen LogP contribution in [0.15, 0.2) is 53.4 Å². The van der Waals surface area contributed by atoms with Gasteiger partial charge in [0.2, 0.25) is 0 Å². The third kappa shape index (κ3) is 4.01. The van der Waals surface area contributed by atoms with Crippen LogP contribution in [0.4, 0.5) is 11.4 Å². The minimum absolute atomic E-state index is 0.193. The number of quaternary nitrogens is 1. The molecule has 1 saturated heterocycles. The Morgan fingerprint density at radius 3 is 2.17 bits per heavy atom. The van der Waals surface area contributed by atoms with Gasteiger partial charge in [0.05, 0.1) is 38.1 Å². The van der Waals surface area contributed by atoms with Gasteiger partial charge in [-0.25, -0.2) is 8.42 Å². The second-order valence-corrected chi connectivity index (χ2v) is 8.17. The molecule has 2 aromatic carbocycles. The van der Waals surface area contributed by atoms with Crippen molar-refractivity contribution in [1.82, 2.24) is 0 Å². The molecule has 2 N–H and O–H groups in total. The average Bonchev–Trinajstić information content (AvgIpc) is 2.56. The van der Waals surface area contributed by atoms with Crippen LogP contribution in [0.2, 0.25) is 5.02 Å². The zero-order chi connectivity index (χ0) is 17.2. The van der Waals surface area contributed by atoms with Crippen molar-refractivity contribution in [3.8, 4) is 0 Å². The summed E-state index contributed by atoms with van der Waals surface area (Å²) in [6.07, 6.45) is 0. The van der Waals surface area contributed by atoms with Gasteiger partial charge in [-0.05, 0) is 48.5 Å². The van der Waals surface area contributed by atoms with E-state index in [4.69, 9.17) is 11.6 Å². The number of nitrogens with one attached hydrogen (secondary N) is 2. The first kappa shape index (κ1) is 17.1. The van der Waals surface area contributed by atoms with Crippen LogP contribution in [0.25, 0.3) is 0 Å². The molecule has 3 rings (SSSR count). The van der Waals surface area contributed by atoms with E-state index in [1.165, 1.54) is 12.1 Å². The topological polar surface area (TPSA) is 53.9 Å². The first-order valence-electron chi connectivity index (χ1n) is 7.89. The van der Waals surface area contributed by atoms with Crippen LogP contribution in [0.5, 0.6) is 0 Å². The highest BCUT2D eigenvalue weighted by atomic mass is 35.5. The molecule has 0 amide bonds. The van der Waals surface area contributed by atoms with Crippen LogP contribution in [0.1, 0.15) is 0 Å². The van der Waals surface area contributed by atoms with Crippen LogP contribution < -0.4 is 14.5 Å². The van der Waals surface area contributed by atoms with E-state index < -0.39 is 10.0 Å². The molecular weight excluding hydrogens is 346 g/mol. The summed E-state index contributed by atoms with van der Waals surface area (Å²) in [6, 6.07) is 13.6. The molecule has 1 aliphatic heterocycles. The van der Waals surface area contributed by atoms with E-state index in [0.717, 1.165) is 31.9 Å². The predicted molar refractivity (Wildman–Crippen MR) is 97.5 cm³/mol. The average molecular weight is 367 g/mol. The van der Waals surface area contributed by atoms with E-state index in [1.807, 2.05) is 12.1 Å². The minimum Gasteiger partial charge on any atom is -0.360 e. The number of hydrogen-bond donors (Lipinski definition) is 2. The molecule has 0 saturated carbocycles. The van der Waals surface area contributed by atoms with Gasteiger partial charge in [0.15, 0.2) is 0 Å². The molecular formula is C17H21ClN3O2S+. The van der Waals surface area contributed by atoms with Crippen molar-refractivity contribution in [2.24, 2.45) is 0 Å². The van der Waals surface area contributed by atoms with E-state index in [1.54, 1.807) is 29.2 Å². The monoisotopic (exact) mass is 366 g/mol. The maximum absolute atomic E-state index is 12.4. The zero-order valence-corrected chi connectivity index (χ0v) is 15.1. The van der Waals surface area contributed by atoms with Crippen LogP contribution in [0.3, 0.4) is 0 Å². The molecule has 0 aliphatic carbocycles. The third-order valence-corrected chi connectivity index (χ3v) is 5.87. The fourth-order valence-corrected chi connectivity index (χ4v) is 3.90. The van der Waals surface area contributed by atoms with Crippen molar-refractivity contribution in [2.75, 3.05) is 42.8 Å². The molecule has 0 aromatic heterocycles. The lowest BCUT2D eigenvalue weighted by atomic mass is 10.2. The fraction of sp³-hybridized carbons (Fsp3) is 0.294. The van der Waals surface area contributed by atoms with Crippen LogP contribution in [-0.4, -0.2) is 41.6 Å². The van der Waals surface area contributed by atoms with Gasteiger partial charge in [-0.15, -0.1) is 0 Å². The Hall–Kier alpha value is -1.76. The first-order chi connectivity index (χ1) is 11.4. The molecule has 0 radical (unpaired) electrons. The summed E-state index contributed by atoms with van der Waals surface area (Å²) in [5, 5.41) is 0.507. The van der Waals surface area contributed by atoms with Crippen molar-refractivity contribution in [2.45, 2.75) is 4.90 Å². The molecule has 24 heavy (non-hydrogen) atoms. The lowest BCUT2D eigenvalue weighted by Crippen LogP contribution is -3.12. The van der Waals surface area contributed by atoms with E-state index in [9.17, 15) is 8.42 Å². The lowest BCUT2D eigenvalue weighted by molar-refractivity contribution is -0.880. The zero-order valence-electron chi connectivity index (χ0n) is 13.5. The fourth-order valence-electron chi connectivity index (χ4n) is 2.71. The highest BCUT2D eigenvalue weighted by molar-refractivity contribution is 7.92. The second kappa shape index (κ2) is 7.01. The largest absolute Gasteiger partial charge is 0.360 e. The van der Waals surface area contributed by atoms with Gasteiger partial charge in [0.25, 0.3) is 10.0 Å². The number of benzene rings is 2. The molecule has 0 spiro atoms. The molecule has 2 aromatic rings. The lowest BCUT2D eigenvalue weighted by Gasteiger charge is -2.31. The summed E-state index contributed by atoms with van der Waals surface area (Å²) in [5.41, 5.74) is 1.67. The predicted octanol–water partition coefficient (Wildman–Crippen LogP) is 1.48. The Bertz CT molecular complexity index is 784. The van der Waals surface area contributed by atoms with Crippen molar-refractivity contribution in [1.29, 1.82) is 0 Å². The molecule has 0 unspecified atom stereocenters. The molecule has 128 valence electrons. The highest BCUT2D eigenvalue weighted by Crippen LogP contribution is 2.21. The number of halogens is 1. The first-order valence-corrected chi connectivity index (χ1v) is 9.75. The highest BCUT2D eigenvalue weighted by Gasteiger charge is 2.17. The molecule has 0 bridgehead atoms. The van der Waals surface area contributed by atoms with Gasteiger partial charge >= 0.3 is 0 Å². The van der Waals surface area contributed by atoms with Crippen LogP contribution in [0, 0.1) is 0 Å². The standard InChI is InChI=1S/C17H20ClN3O2S/c1-20-10-12-21(13-11-20)16-6-4-15(5-7-16)19-24(22,23)17-8-2-14(18)3-9-17/h2-9,19H,10-13H2,1H3/p+1. The molecule has 5 nitrogen and oxygen atoms in total. The summed E-state index contributed by atoms with van der Waals surface area (Å²) in [6.45, 7) is 4.26. The number of piperazine rings is 1. The minimum atomic E-state index is -3.60. The number of likely N-dealkylation sites (N-methyl/N-ethyl adjacent to an activating group) is 1. The molecule has 0 atom stereocenters. The molecule has 1 heterocycles. The maximum atomic E-state index is 12.4. The normalized spacial score (nSPS) is 16.2. The van der Waals surface area contributed by atoms with Crippen molar-refractivity contribution >= 4 is 33.0 Å². The number of anilines is 2. The number of sulfonamides is 1. The van der Waals surface area contributed by atoms with Gasteiger partial charge < -0.3 is 9.80 Å². The SMILES string of the molecule is C[NH+]1CCN(c2ccc(NS(=O)(=O)c3ccc(Cl)cc3)cc2)CC1. The molecule has 7 heteroatoms. The summed E-state index contributed by atoms with van der Waals surface area (Å²) in [7, 11) is -1.40. The van der Waals surface area contributed by atoms with Gasteiger partial charge in [-0.3, -0.25) is 4.72 Å². The van der Waals surface area contributed by atoms with Gasteiger partial charge in [-0.1, -0.05) is 11.6 Å². The summed E-state index contributed by atoms with van der Waals surface area (Å²) in [4.78, 5) is 4.06. The van der Waals surface area contributed by atoms with Crippen LogP contribution in [-0.2, 0) is 10.0 Å². The van der Waals surface area contributed by atoms with E-state index in [0.29, 0.717) is 10.7 Å². The Morgan fingerprint density at radius 1 is 1.00 bits per heavy atom. The summed E-state index contributed by atoms with van der Waals surface area (Å²) in [5.74, 6) is 0. The molecule has 1 fully saturated rings. The maximum Gasteiger partial charge on any atom is 0.261 e. The Morgan fingerprint density at radius 2 is 1.58 bits per heavy atom. The van der Waals surface area contributed by atoms with Crippen LogP contribution >= 0.6 is 11.6 Å². The number of rotatable bonds is 4. The number of hydrogen-bond acceptors (Lipinski definition) is 3. The van der Waals surface area contributed by atoms with Gasteiger partial charge in [0.1, 0.15) is 0 Å². The van der Waals surface area contributed by atoms with Crippen molar-refractivity contribution in [3.05, 3.63) is 53.6 Å². The van der Waals surface area contributed by atoms with E-state index in [-0.39, 0.29) is 4.90 Å². The summed E-state index contributed by atoms with van der Waals surface area (Å²) < 4.78 is 27.3. The quantitative estimate of drug-likeness (QED) is 0.861. The van der Waals surface area contributed by atoms with Gasteiger partial charge in [-0.2, -0.15) is 0 Å². The number of nitrogens with zero attached hydrogens (tertiary/aromatic N) is 1.